The fourth-order valence-corrected chi connectivity index (χ4v) is 2.96. The van der Waals surface area contributed by atoms with Crippen LogP contribution in [0.15, 0.2) is 22.7 Å². The molecule has 0 aliphatic heterocycles. The zero-order valence-electron chi connectivity index (χ0n) is 15.4. The maximum Gasteiger partial charge on any atom is 0.253 e. The second kappa shape index (κ2) is 9.71. The van der Waals surface area contributed by atoms with Gasteiger partial charge in [-0.3, -0.25) is 9.59 Å². The molecule has 9 heteroatoms. The van der Waals surface area contributed by atoms with E-state index in [2.05, 4.69) is 20.8 Å². The number of halogens is 2. The monoisotopic (exact) mass is 412 g/mol. The molecule has 2 N–H and O–H groups in total. The second-order valence-electron chi connectivity index (χ2n) is 6.56. The van der Waals surface area contributed by atoms with E-state index in [1.54, 1.807) is 13.0 Å². The minimum atomic E-state index is -0.686. The van der Waals surface area contributed by atoms with Gasteiger partial charge in [0.25, 0.3) is 5.91 Å². The lowest BCUT2D eigenvalue weighted by Gasteiger charge is -2.20. The number of nitrogens with zero attached hydrogens (tertiary/aromatic N) is 2. The van der Waals surface area contributed by atoms with Crippen LogP contribution >= 0.6 is 23.2 Å². The minimum Gasteiger partial charge on any atom is -0.354 e. The molecule has 2 rings (SSSR count). The van der Waals surface area contributed by atoms with E-state index >= 15 is 0 Å². The van der Waals surface area contributed by atoms with Crippen molar-refractivity contribution in [2.24, 2.45) is 5.92 Å². The largest absolute Gasteiger partial charge is 0.354 e. The van der Waals surface area contributed by atoms with Crippen LogP contribution in [0.4, 0.5) is 0 Å². The minimum absolute atomic E-state index is 0.209. The maximum absolute atomic E-state index is 12.5. The molecule has 0 aliphatic carbocycles. The third kappa shape index (κ3) is 6.52. The Kier molecular flexibility index (Phi) is 7.62. The number of amides is 2. The van der Waals surface area contributed by atoms with Gasteiger partial charge in [0.2, 0.25) is 11.8 Å². The molecule has 146 valence electrons. The van der Waals surface area contributed by atoms with E-state index < -0.39 is 11.9 Å². The molecule has 27 heavy (non-hydrogen) atoms. The summed E-state index contributed by atoms with van der Waals surface area (Å²) in [5.74, 6) is 0.495. The number of hydrogen-bond donors (Lipinski definition) is 2. The first-order chi connectivity index (χ1) is 12.8. The Hall–Kier alpha value is -2.12. The molecule has 0 bridgehead atoms. The van der Waals surface area contributed by atoms with Crippen LogP contribution < -0.4 is 10.6 Å². The SMILES string of the molecule is Cc1noc(CCNC(=O)[C@H](CC(C)C)NC(=O)c2ccc(Cl)cc2Cl)n1. The van der Waals surface area contributed by atoms with Crippen molar-refractivity contribution in [3.05, 3.63) is 45.5 Å². The summed E-state index contributed by atoms with van der Waals surface area (Å²) in [6, 6.07) is 3.91. The van der Waals surface area contributed by atoms with Crippen LogP contribution in [0.5, 0.6) is 0 Å². The molecule has 1 heterocycles. The molecule has 1 aromatic heterocycles. The second-order valence-corrected chi connectivity index (χ2v) is 7.40. The fraction of sp³-hybridized carbons (Fsp3) is 0.444. The van der Waals surface area contributed by atoms with Crippen LogP contribution in [0.1, 0.15) is 42.3 Å². The van der Waals surface area contributed by atoms with Crippen LogP contribution in [0.2, 0.25) is 10.0 Å². The van der Waals surface area contributed by atoms with Gasteiger partial charge in [0.15, 0.2) is 5.82 Å². The molecular formula is C18H22Cl2N4O3. The summed E-state index contributed by atoms with van der Waals surface area (Å²) in [5, 5.41) is 9.90. The quantitative estimate of drug-likeness (QED) is 0.693. The van der Waals surface area contributed by atoms with Crippen molar-refractivity contribution in [1.82, 2.24) is 20.8 Å². The summed E-state index contributed by atoms with van der Waals surface area (Å²) < 4.78 is 5.01. The van der Waals surface area contributed by atoms with E-state index in [-0.39, 0.29) is 22.4 Å². The van der Waals surface area contributed by atoms with Crippen molar-refractivity contribution >= 4 is 35.0 Å². The number of rotatable bonds is 8. The average Bonchev–Trinajstić information content (AvgIpc) is 2.98. The zero-order valence-corrected chi connectivity index (χ0v) is 16.9. The van der Waals surface area contributed by atoms with Crippen LogP contribution in [0.3, 0.4) is 0 Å². The first-order valence-electron chi connectivity index (χ1n) is 8.59. The van der Waals surface area contributed by atoms with Gasteiger partial charge in [-0.05, 0) is 37.5 Å². The smallest absolute Gasteiger partial charge is 0.253 e. The Morgan fingerprint density at radius 3 is 2.59 bits per heavy atom. The summed E-state index contributed by atoms with van der Waals surface area (Å²) in [7, 11) is 0. The fourth-order valence-electron chi connectivity index (χ4n) is 2.47. The molecule has 0 radical (unpaired) electrons. The lowest BCUT2D eigenvalue weighted by molar-refractivity contribution is -0.123. The van der Waals surface area contributed by atoms with E-state index in [0.717, 1.165) is 0 Å². The first kappa shape index (κ1) is 21.2. The van der Waals surface area contributed by atoms with Crippen LogP contribution in [0, 0.1) is 12.8 Å². The Bertz CT molecular complexity index is 808. The molecule has 1 aromatic carbocycles. The van der Waals surface area contributed by atoms with Gasteiger partial charge in [-0.2, -0.15) is 4.98 Å². The van der Waals surface area contributed by atoms with E-state index in [0.29, 0.717) is 36.1 Å². The van der Waals surface area contributed by atoms with E-state index in [1.807, 2.05) is 13.8 Å². The third-order valence-electron chi connectivity index (χ3n) is 3.71. The van der Waals surface area contributed by atoms with Crippen molar-refractivity contribution < 1.29 is 14.1 Å². The summed E-state index contributed by atoms with van der Waals surface area (Å²) in [6.07, 6.45) is 0.903. The first-order valence-corrected chi connectivity index (χ1v) is 9.34. The predicted octanol–water partition coefficient (Wildman–Crippen LogP) is 3.19. The summed E-state index contributed by atoms with van der Waals surface area (Å²) in [5.41, 5.74) is 0.268. The normalized spacial score (nSPS) is 12.1. The molecule has 0 fully saturated rings. The average molecular weight is 413 g/mol. The molecule has 0 saturated heterocycles. The van der Waals surface area contributed by atoms with Crippen molar-refractivity contribution in [3.8, 4) is 0 Å². The van der Waals surface area contributed by atoms with Crippen LogP contribution in [0.25, 0.3) is 0 Å². The standard InChI is InChI=1S/C18H22Cl2N4O3/c1-10(2)8-15(18(26)21-7-6-16-22-11(3)24-27-16)23-17(25)13-5-4-12(19)9-14(13)20/h4-5,9-10,15H,6-8H2,1-3H3,(H,21,26)(H,23,25)/t15-/m0/s1. The summed E-state index contributed by atoms with van der Waals surface area (Å²) in [6.45, 7) is 6.00. The van der Waals surface area contributed by atoms with Crippen LogP contribution in [-0.4, -0.2) is 34.5 Å². The van der Waals surface area contributed by atoms with Gasteiger partial charge in [-0.15, -0.1) is 0 Å². The Balaban J connectivity index is 1.98. The molecule has 0 saturated carbocycles. The zero-order chi connectivity index (χ0) is 20.0. The lowest BCUT2D eigenvalue weighted by atomic mass is 10.0. The number of benzene rings is 1. The summed E-state index contributed by atoms with van der Waals surface area (Å²) >= 11 is 11.9. The number of aryl methyl sites for hydroxylation is 1. The topological polar surface area (TPSA) is 97.1 Å². The van der Waals surface area contributed by atoms with Crippen molar-refractivity contribution in [1.29, 1.82) is 0 Å². The van der Waals surface area contributed by atoms with Crippen molar-refractivity contribution in [3.63, 3.8) is 0 Å². The number of hydrogen-bond acceptors (Lipinski definition) is 5. The Labute approximate surface area is 167 Å². The molecule has 7 nitrogen and oxygen atoms in total. The van der Waals surface area contributed by atoms with Gasteiger partial charge in [0.05, 0.1) is 10.6 Å². The predicted molar refractivity (Wildman–Crippen MR) is 103 cm³/mol. The van der Waals surface area contributed by atoms with Crippen molar-refractivity contribution in [2.45, 2.75) is 39.7 Å². The van der Waals surface area contributed by atoms with E-state index in [4.69, 9.17) is 27.7 Å². The highest BCUT2D eigenvalue weighted by Gasteiger charge is 2.23. The molecule has 1 atom stereocenters. The number of carbonyl (C=O) groups is 2. The van der Waals surface area contributed by atoms with Gasteiger partial charge in [0.1, 0.15) is 6.04 Å². The number of carbonyl (C=O) groups excluding carboxylic acids is 2. The Morgan fingerprint density at radius 1 is 1.26 bits per heavy atom. The summed E-state index contributed by atoms with van der Waals surface area (Å²) in [4.78, 5) is 29.1. The number of nitrogens with one attached hydrogen (secondary N) is 2. The van der Waals surface area contributed by atoms with Gasteiger partial charge >= 0.3 is 0 Å². The highest BCUT2D eigenvalue weighted by atomic mass is 35.5. The Morgan fingerprint density at radius 2 is 2.00 bits per heavy atom. The number of aromatic nitrogens is 2. The highest BCUT2D eigenvalue weighted by molar-refractivity contribution is 6.36. The maximum atomic E-state index is 12.5. The molecule has 2 aromatic rings. The van der Waals surface area contributed by atoms with Gasteiger partial charge in [0, 0.05) is 18.0 Å². The molecule has 0 aliphatic rings. The molecular weight excluding hydrogens is 391 g/mol. The lowest BCUT2D eigenvalue weighted by Crippen LogP contribution is -2.47. The van der Waals surface area contributed by atoms with E-state index in [1.165, 1.54) is 12.1 Å². The molecule has 0 unspecified atom stereocenters. The molecule has 2 amide bonds. The van der Waals surface area contributed by atoms with Crippen molar-refractivity contribution in [2.75, 3.05) is 6.54 Å². The third-order valence-corrected chi connectivity index (χ3v) is 4.26. The van der Waals surface area contributed by atoms with E-state index in [9.17, 15) is 9.59 Å². The van der Waals surface area contributed by atoms with Gasteiger partial charge < -0.3 is 15.2 Å². The highest BCUT2D eigenvalue weighted by Crippen LogP contribution is 2.21. The van der Waals surface area contributed by atoms with Gasteiger partial charge in [-0.25, -0.2) is 0 Å². The van der Waals surface area contributed by atoms with Gasteiger partial charge in [-0.1, -0.05) is 42.2 Å². The van der Waals surface area contributed by atoms with Crippen LogP contribution in [-0.2, 0) is 11.2 Å². The molecule has 0 spiro atoms.